The Bertz CT molecular complexity index is 570. The second-order valence-electron chi connectivity index (χ2n) is 5.34. The molecule has 21 heavy (non-hydrogen) atoms. The maximum Gasteiger partial charge on any atom is 0.150 e. The van der Waals surface area contributed by atoms with Gasteiger partial charge in [-0.15, -0.1) is 0 Å². The SMILES string of the molecule is CCC1CNCCN1c1ccccc1Oc1ccccc1. The molecule has 3 nitrogen and oxygen atoms in total. The molecule has 2 aromatic carbocycles. The van der Waals surface area contributed by atoms with Crippen molar-refractivity contribution in [3.05, 3.63) is 54.6 Å². The Morgan fingerprint density at radius 2 is 1.86 bits per heavy atom. The molecule has 1 saturated heterocycles. The largest absolute Gasteiger partial charge is 0.455 e. The van der Waals surface area contributed by atoms with Crippen LogP contribution in [0.25, 0.3) is 0 Å². The van der Waals surface area contributed by atoms with Gasteiger partial charge in [0.15, 0.2) is 5.75 Å². The Kier molecular flexibility index (Phi) is 4.41. The van der Waals surface area contributed by atoms with E-state index in [1.54, 1.807) is 0 Å². The normalized spacial score (nSPS) is 18.5. The Morgan fingerprint density at radius 1 is 1.10 bits per heavy atom. The quantitative estimate of drug-likeness (QED) is 0.926. The molecule has 1 unspecified atom stereocenters. The highest BCUT2D eigenvalue weighted by atomic mass is 16.5. The van der Waals surface area contributed by atoms with Crippen LogP contribution < -0.4 is 15.0 Å². The lowest BCUT2D eigenvalue weighted by atomic mass is 10.1. The first-order valence-electron chi connectivity index (χ1n) is 7.68. The van der Waals surface area contributed by atoms with Gasteiger partial charge in [0.25, 0.3) is 0 Å². The fourth-order valence-electron chi connectivity index (χ4n) is 2.84. The van der Waals surface area contributed by atoms with Crippen LogP contribution >= 0.6 is 0 Å². The molecule has 0 saturated carbocycles. The Hall–Kier alpha value is -2.00. The summed E-state index contributed by atoms with van der Waals surface area (Å²) < 4.78 is 6.09. The molecule has 1 aliphatic heterocycles. The van der Waals surface area contributed by atoms with Crippen LogP contribution in [0, 0.1) is 0 Å². The molecule has 110 valence electrons. The van der Waals surface area contributed by atoms with E-state index in [1.165, 1.54) is 5.69 Å². The maximum absolute atomic E-state index is 6.09. The first kappa shape index (κ1) is 14.0. The lowest BCUT2D eigenvalue weighted by Crippen LogP contribution is -2.51. The first-order chi connectivity index (χ1) is 10.4. The van der Waals surface area contributed by atoms with Gasteiger partial charge in [0.2, 0.25) is 0 Å². The number of rotatable bonds is 4. The number of nitrogens with zero attached hydrogens (tertiary/aromatic N) is 1. The number of benzene rings is 2. The van der Waals surface area contributed by atoms with Crippen LogP contribution in [-0.4, -0.2) is 25.7 Å². The van der Waals surface area contributed by atoms with E-state index in [2.05, 4.69) is 35.3 Å². The third kappa shape index (κ3) is 3.19. The van der Waals surface area contributed by atoms with E-state index in [4.69, 9.17) is 4.74 Å². The topological polar surface area (TPSA) is 24.5 Å². The van der Waals surface area contributed by atoms with E-state index in [0.717, 1.165) is 37.6 Å². The van der Waals surface area contributed by atoms with Gasteiger partial charge in [-0.25, -0.2) is 0 Å². The van der Waals surface area contributed by atoms with Gasteiger partial charge < -0.3 is 15.0 Å². The molecule has 1 aliphatic rings. The molecule has 3 heteroatoms. The molecule has 0 radical (unpaired) electrons. The fourth-order valence-corrected chi connectivity index (χ4v) is 2.84. The van der Waals surface area contributed by atoms with Crippen LogP contribution in [0.3, 0.4) is 0 Å². The molecule has 1 fully saturated rings. The lowest BCUT2D eigenvalue weighted by Gasteiger charge is -2.38. The Labute approximate surface area is 126 Å². The molecule has 1 N–H and O–H groups in total. The van der Waals surface area contributed by atoms with Gasteiger partial charge in [0.1, 0.15) is 5.75 Å². The monoisotopic (exact) mass is 282 g/mol. The molecular weight excluding hydrogens is 260 g/mol. The Balaban J connectivity index is 1.88. The minimum atomic E-state index is 0.527. The second-order valence-corrected chi connectivity index (χ2v) is 5.34. The van der Waals surface area contributed by atoms with Gasteiger partial charge >= 0.3 is 0 Å². The van der Waals surface area contributed by atoms with E-state index >= 15 is 0 Å². The van der Waals surface area contributed by atoms with Crippen LogP contribution in [0.2, 0.25) is 0 Å². The molecule has 0 aliphatic carbocycles. The number of anilines is 1. The average molecular weight is 282 g/mol. The maximum atomic E-state index is 6.09. The van der Waals surface area contributed by atoms with Gasteiger partial charge in [-0.3, -0.25) is 0 Å². The minimum absolute atomic E-state index is 0.527. The minimum Gasteiger partial charge on any atom is -0.455 e. The van der Waals surface area contributed by atoms with Gasteiger partial charge in [0.05, 0.1) is 5.69 Å². The number of nitrogens with one attached hydrogen (secondary N) is 1. The molecular formula is C18H22N2O. The second kappa shape index (κ2) is 6.64. The zero-order valence-corrected chi connectivity index (χ0v) is 12.5. The smallest absolute Gasteiger partial charge is 0.150 e. The molecule has 1 heterocycles. The summed E-state index contributed by atoms with van der Waals surface area (Å²) >= 11 is 0. The highest BCUT2D eigenvalue weighted by molar-refractivity contribution is 5.60. The molecule has 0 amide bonds. The predicted octanol–water partition coefficient (Wildman–Crippen LogP) is 3.67. The van der Waals surface area contributed by atoms with E-state index in [1.807, 2.05) is 36.4 Å². The van der Waals surface area contributed by atoms with Crippen LogP contribution in [0.1, 0.15) is 13.3 Å². The molecule has 0 bridgehead atoms. The third-order valence-corrected chi connectivity index (χ3v) is 3.97. The van der Waals surface area contributed by atoms with Crippen molar-refractivity contribution >= 4 is 5.69 Å². The Morgan fingerprint density at radius 3 is 2.67 bits per heavy atom. The van der Waals surface area contributed by atoms with Crippen molar-refractivity contribution in [1.82, 2.24) is 5.32 Å². The summed E-state index contributed by atoms with van der Waals surface area (Å²) in [7, 11) is 0. The lowest BCUT2D eigenvalue weighted by molar-refractivity contribution is 0.447. The predicted molar refractivity (Wildman–Crippen MR) is 87.3 cm³/mol. The summed E-state index contributed by atoms with van der Waals surface area (Å²) in [6.07, 6.45) is 1.13. The van der Waals surface area contributed by atoms with Gasteiger partial charge in [0, 0.05) is 25.7 Å². The summed E-state index contributed by atoms with van der Waals surface area (Å²) in [5.74, 6) is 1.82. The number of hydrogen-bond donors (Lipinski definition) is 1. The van der Waals surface area contributed by atoms with Crippen LogP contribution in [-0.2, 0) is 0 Å². The highest BCUT2D eigenvalue weighted by Crippen LogP contribution is 2.33. The summed E-state index contributed by atoms with van der Waals surface area (Å²) in [4.78, 5) is 2.47. The van der Waals surface area contributed by atoms with Crippen LogP contribution in [0.4, 0.5) is 5.69 Å². The highest BCUT2D eigenvalue weighted by Gasteiger charge is 2.23. The summed E-state index contributed by atoms with van der Waals surface area (Å²) in [5, 5.41) is 3.47. The summed E-state index contributed by atoms with van der Waals surface area (Å²) in [6, 6.07) is 18.8. The fraction of sp³-hybridized carbons (Fsp3) is 0.333. The number of hydrogen-bond acceptors (Lipinski definition) is 3. The van der Waals surface area contributed by atoms with Crippen molar-refractivity contribution in [2.24, 2.45) is 0 Å². The van der Waals surface area contributed by atoms with Crippen molar-refractivity contribution in [3.8, 4) is 11.5 Å². The van der Waals surface area contributed by atoms with Crippen molar-refractivity contribution in [1.29, 1.82) is 0 Å². The van der Waals surface area contributed by atoms with Crippen molar-refractivity contribution in [3.63, 3.8) is 0 Å². The van der Waals surface area contributed by atoms with Gasteiger partial charge in [-0.05, 0) is 30.7 Å². The third-order valence-electron chi connectivity index (χ3n) is 3.97. The van der Waals surface area contributed by atoms with Gasteiger partial charge in [-0.1, -0.05) is 37.3 Å². The number of para-hydroxylation sites is 3. The van der Waals surface area contributed by atoms with E-state index in [9.17, 15) is 0 Å². The van der Waals surface area contributed by atoms with E-state index in [-0.39, 0.29) is 0 Å². The van der Waals surface area contributed by atoms with Crippen molar-refractivity contribution in [2.45, 2.75) is 19.4 Å². The van der Waals surface area contributed by atoms with Crippen molar-refractivity contribution < 1.29 is 4.74 Å². The van der Waals surface area contributed by atoms with Crippen LogP contribution in [0.5, 0.6) is 11.5 Å². The number of piperazine rings is 1. The van der Waals surface area contributed by atoms with E-state index in [0.29, 0.717) is 6.04 Å². The van der Waals surface area contributed by atoms with Gasteiger partial charge in [-0.2, -0.15) is 0 Å². The first-order valence-corrected chi connectivity index (χ1v) is 7.68. The molecule has 0 spiro atoms. The molecule has 1 atom stereocenters. The summed E-state index contributed by atoms with van der Waals surface area (Å²) in [6.45, 7) is 5.32. The molecule has 0 aromatic heterocycles. The van der Waals surface area contributed by atoms with E-state index < -0.39 is 0 Å². The zero-order valence-electron chi connectivity index (χ0n) is 12.5. The summed E-state index contributed by atoms with van der Waals surface area (Å²) in [5.41, 5.74) is 1.19. The van der Waals surface area contributed by atoms with Crippen LogP contribution in [0.15, 0.2) is 54.6 Å². The van der Waals surface area contributed by atoms with Crippen molar-refractivity contribution in [2.75, 3.05) is 24.5 Å². The number of ether oxygens (including phenoxy) is 1. The standard InChI is InChI=1S/C18H22N2O/c1-2-15-14-19-12-13-20(15)17-10-6-7-11-18(17)21-16-8-4-3-5-9-16/h3-11,15,19H,2,12-14H2,1H3. The molecule has 2 aromatic rings. The molecule has 3 rings (SSSR count). The zero-order chi connectivity index (χ0) is 14.5. The average Bonchev–Trinajstić information content (AvgIpc) is 2.56.